The summed E-state index contributed by atoms with van der Waals surface area (Å²) in [5.74, 6) is 0.377. The molecular formula is C17H28ClN3O3S. The van der Waals surface area contributed by atoms with Crippen molar-refractivity contribution in [3.8, 4) is 0 Å². The molecule has 6 nitrogen and oxygen atoms in total. The van der Waals surface area contributed by atoms with Gasteiger partial charge >= 0.3 is 0 Å². The van der Waals surface area contributed by atoms with Gasteiger partial charge in [0, 0.05) is 25.2 Å². The first kappa shape index (κ1) is 21.9. The molecule has 2 rings (SSSR count). The zero-order valence-corrected chi connectivity index (χ0v) is 16.6. The predicted molar refractivity (Wildman–Crippen MR) is 102 cm³/mol. The van der Waals surface area contributed by atoms with Gasteiger partial charge in [0.1, 0.15) is 0 Å². The van der Waals surface area contributed by atoms with Gasteiger partial charge in [-0.1, -0.05) is 6.07 Å². The summed E-state index contributed by atoms with van der Waals surface area (Å²) in [6.45, 7) is 6.28. The van der Waals surface area contributed by atoms with Crippen molar-refractivity contribution in [2.45, 2.75) is 37.6 Å². The first-order valence-electron chi connectivity index (χ1n) is 8.39. The van der Waals surface area contributed by atoms with Gasteiger partial charge < -0.3 is 10.6 Å². The van der Waals surface area contributed by atoms with Crippen LogP contribution in [0.2, 0.25) is 0 Å². The van der Waals surface area contributed by atoms with Crippen LogP contribution < -0.4 is 10.6 Å². The highest BCUT2D eigenvalue weighted by Gasteiger charge is 2.24. The fourth-order valence-electron chi connectivity index (χ4n) is 2.69. The van der Waals surface area contributed by atoms with Crippen LogP contribution in [-0.4, -0.2) is 51.4 Å². The van der Waals surface area contributed by atoms with Crippen LogP contribution in [0, 0.1) is 5.92 Å². The second-order valence-electron chi connectivity index (χ2n) is 6.55. The average Bonchev–Trinajstić information content (AvgIpc) is 3.07. The van der Waals surface area contributed by atoms with E-state index in [4.69, 9.17) is 0 Å². The Labute approximate surface area is 156 Å². The molecule has 8 heteroatoms. The van der Waals surface area contributed by atoms with Gasteiger partial charge in [-0.15, -0.1) is 12.4 Å². The topological polar surface area (TPSA) is 78.5 Å². The Bertz CT molecular complexity index is 673. The van der Waals surface area contributed by atoms with Crippen molar-refractivity contribution in [2.75, 3.05) is 26.7 Å². The van der Waals surface area contributed by atoms with Crippen molar-refractivity contribution in [2.24, 2.45) is 5.92 Å². The van der Waals surface area contributed by atoms with E-state index in [1.54, 1.807) is 19.2 Å². The smallest absolute Gasteiger partial charge is 0.251 e. The van der Waals surface area contributed by atoms with Crippen LogP contribution in [0.25, 0.3) is 0 Å². The Kier molecular flexibility index (Phi) is 8.34. The lowest BCUT2D eigenvalue weighted by molar-refractivity contribution is 0.0951. The third-order valence-corrected chi connectivity index (χ3v) is 6.53. The molecule has 1 heterocycles. The normalized spacial score (nSPS) is 17.6. The van der Waals surface area contributed by atoms with E-state index < -0.39 is 10.0 Å². The van der Waals surface area contributed by atoms with E-state index in [9.17, 15) is 13.2 Å². The number of amides is 1. The molecule has 0 aromatic heterocycles. The SMILES string of the molecule is CC(C)N(C)S(=O)(=O)c1cccc(C(=O)NCCC2CCNC2)c1.Cl. The van der Waals surface area contributed by atoms with E-state index in [-0.39, 0.29) is 29.3 Å². The predicted octanol–water partition coefficient (Wildman–Crippen LogP) is 1.87. The molecule has 0 aliphatic carbocycles. The standard InChI is InChI=1S/C17H27N3O3S.ClH/c1-13(2)20(3)24(22,23)16-6-4-5-15(11-16)17(21)19-10-8-14-7-9-18-12-14;/h4-6,11,13-14,18H,7-10,12H2,1-3H3,(H,19,21);1H. The second-order valence-corrected chi connectivity index (χ2v) is 8.54. The van der Waals surface area contributed by atoms with Crippen molar-refractivity contribution in [3.63, 3.8) is 0 Å². The summed E-state index contributed by atoms with van der Waals surface area (Å²) in [7, 11) is -2.04. The Balaban J connectivity index is 0.00000312. The molecule has 25 heavy (non-hydrogen) atoms. The summed E-state index contributed by atoms with van der Waals surface area (Å²) >= 11 is 0. The van der Waals surface area contributed by atoms with Gasteiger partial charge in [-0.25, -0.2) is 8.42 Å². The molecule has 0 bridgehead atoms. The van der Waals surface area contributed by atoms with E-state index >= 15 is 0 Å². The molecule has 1 amide bonds. The molecule has 1 saturated heterocycles. The van der Waals surface area contributed by atoms with Crippen molar-refractivity contribution in [1.29, 1.82) is 0 Å². The molecule has 0 saturated carbocycles. The summed E-state index contributed by atoms with van der Waals surface area (Å²) < 4.78 is 26.4. The number of carbonyl (C=O) groups is 1. The number of halogens is 1. The van der Waals surface area contributed by atoms with Gasteiger partial charge in [0.05, 0.1) is 4.90 Å². The second kappa shape index (κ2) is 9.52. The van der Waals surface area contributed by atoms with Gasteiger partial charge in [0.15, 0.2) is 0 Å². The van der Waals surface area contributed by atoms with Crippen LogP contribution in [0.15, 0.2) is 29.2 Å². The van der Waals surface area contributed by atoms with Crippen LogP contribution in [0.5, 0.6) is 0 Å². The van der Waals surface area contributed by atoms with E-state index in [2.05, 4.69) is 10.6 Å². The minimum absolute atomic E-state index is 0. The number of benzene rings is 1. The number of nitrogens with one attached hydrogen (secondary N) is 2. The van der Waals surface area contributed by atoms with Crippen molar-refractivity contribution in [1.82, 2.24) is 14.9 Å². The zero-order valence-electron chi connectivity index (χ0n) is 15.0. The molecule has 1 aliphatic heterocycles. The Morgan fingerprint density at radius 2 is 2.12 bits per heavy atom. The van der Waals surface area contributed by atoms with Crippen LogP contribution in [-0.2, 0) is 10.0 Å². The summed E-state index contributed by atoms with van der Waals surface area (Å²) in [6, 6.07) is 6.07. The highest BCUT2D eigenvalue weighted by molar-refractivity contribution is 7.89. The van der Waals surface area contributed by atoms with Crippen LogP contribution in [0.1, 0.15) is 37.0 Å². The minimum Gasteiger partial charge on any atom is -0.352 e. The maximum Gasteiger partial charge on any atom is 0.251 e. The highest BCUT2D eigenvalue weighted by atomic mass is 35.5. The van der Waals surface area contributed by atoms with Crippen molar-refractivity contribution >= 4 is 28.3 Å². The van der Waals surface area contributed by atoms with Gasteiger partial charge in [0.2, 0.25) is 10.0 Å². The zero-order chi connectivity index (χ0) is 17.7. The Morgan fingerprint density at radius 1 is 1.40 bits per heavy atom. The van der Waals surface area contributed by atoms with E-state index in [0.29, 0.717) is 18.0 Å². The van der Waals surface area contributed by atoms with Crippen LogP contribution in [0.3, 0.4) is 0 Å². The molecule has 1 fully saturated rings. The summed E-state index contributed by atoms with van der Waals surface area (Å²) in [6.07, 6.45) is 2.08. The molecule has 1 aromatic carbocycles. The Morgan fingerprint density at radius 3 is 2.72 bits per heavy atom. The average molecular weight is 390 g/mol. The molecular weight excluding hydrogens is 362 g/mol. The molecule has 2 N–H and O–H groups in total. The van der Waals surface area contributed by atoms with Gasteiger partial charge in [-0.05, 0) is 63.9 Å². The third-order valence-electron chi connectivity index (χ3n) is 4.50. The number of hydrogen-bond acceptors (Lipinski definition) is 4. The number of nitrogens with zero attached hydrogens (tertiary/aromatic N) is 1. The van der Waals surface area contributed by atoms with E-state index in [0.717, 1.165) is 25.9 Å². The first-order chi connectivity index (χ1) is 11.3. The number of carbonyl (C=O) groups excluding carboxylic acids is 1. The molecule has 0 spiro atoms. The highest BCUT2D eigenvalue weighted by Crippen LogP contribution is 2.18. The monoisotopic (exact) mass is 389 g/mol. The van der Waals surface area contributed by atoms with Crippen LogP contribution >= 0.6 is 12.4 Å². The Hall–Kier alpha value is -1.15. The molecule has 1 aromatic rings. The summed E-state index contributed by atoms with van der Waals surface area (Å²) in [5, 5.41) is 6.18. The summed E-state index contributed by atoms with van der Waals surface area (Å²) in [4.78, 5) is 12.4. The van der Waals surface area contributed by atoms with Crippen molar-refractivity contribution < 1.29 is 13.2 Å². The first-order valence-corrected chi connectivity index (χ1v) is 9.83. The fraction of sp³-hybridized carbons (Fsp3) is 0.588. The number of rotatable bonds is 7. The fourth-order valence-corrected chi connectivity index (χ4v) is 4.11. The number of sulfonamides is 1. The van der Waals surface area contributed by atoms with Gasteiger partial charge in [-0.2, -0.15) is 4.31 Å². The van der Waals surface area contributed by atoms with Gasteiger partial charge in [0.25, 0.3) is 5.91 Å². The van der Waals surface area contributed by atoms with Gasteiger partial charge in [-0.3, -0.25) is 4.79 Å². The maximum absolute atomic E-state index is 12.5. The lowest BCUT2D eigenvalue weighted by Crippen LogP contribution is -2.33. The molecule has 1 aliphatic rings. The largest absolute Gasteiger partial charge is 0.352 e. The van der Waals surface area contributed by atoms with Crippen LogP contribution in [0.4, 0.5) is 0 Å². The minimum atomic E-state index is -3.58. The third kappa shape index (κ3) is 5.67. The molecule has 1 unspecified atom stereocenters. The number of hydrogen-bond donors (Lipinski definition) is 2. The molecule has 142 valence electrons. The lowest BCUT2D eigenvalue weighted by Gasteiger charge is -2.21. The molecule has 0 radical (unpaired) electrons. The lowest BCUT2D eigenvalue weighted by atomic mass is 10.1. The van der Waals surface area contributed by atoms with E-state index in [1.165, 1.54) is 16.4 Å². The summed E-state index contributed by atoms with van der Waals surface area (Å²) in [5.41, 5.74) is 0.373. The molecule has 1 atom stereocenters. The van der Waals surface area contributed by atoms with Crippen molar-refractivity contribution in [3.05, 3.63) is 29.8 Å². The quantitative estimate of drug-likeness (QED) is 0.746. The maximum atomic E-state index is 12.5. The van der Waals surface area contributed by atoms with E-state index in [1.807, 2.05) is 13.8 Å².